The number of pyridine rings is 1. The first kappa shape index (κ1) is 12.2. The quantitative estimate of drug-likeness (QED) is 0.600. The Hall–Kier alpha value is -0.840. The van der Waals surface area contributed by atoms with Gasteiger partial charge >= 0.3 is 0 Å². The summed E-state index contributed by atoms with van der Waals surface area (Å²) in [4.78, 5) is 4.16. The number of aromatic nitrogens is 1. The molecule has 0 bridgehead atoms. The molecule has 0 radical (unpaired) electrons. The Balaban J connectivity index is 2.50. The average Bonchev–Trinajstić information content (AvgIpc) is 2.74. The van der Waals surface area contributed by atoms with Crippen molar-refractivity contribution in [3.05, 3.63) is 34.6 Å². The van der Waals surface area contributed by atoms with Gasteiger partial charge in [0.05, 0.1) is 4.90 Å². The maximum absolute atomic E-state index is 11.7. The van der Waals surface area contributed by atoms with E-state index in [1.165, 1.54) is 5.56 Å². The minimum Gasteiger partial charge on any atom is -0.244 e. The maximum Gasteiger partial charge on any atom is 0.261 e. The zero-order valence-corrected chi connectivity index (χ0v) is 11.6. The summed E-state index contributed by atoms with van der Waals surface area (Å²) in [5.41, 5.74) is 2.21. The molecular weight excluding hydrogens is 293 g/mol. The van der Waals surface area contributed by atoms with Crippen molar-refractivity contribution < 1.29 is 8.42 Å². The van der Waals surface area contributed by atoms with Gasteiger partial charge in [-0.3, -0.25) is 0 Å². The smallest absolute Gasteiger partial charge is 0.244 e. The van der Waals surface area contributed by atoms with Crippen LogP contribution < -0.4 is 0 Å². The summed E-state index contributed by atoms with van der Waals surface area (Å²) in [6.07, 6.45) is 4.48. The topological polar surface area (TPSA) is 47.0 Å². The van der Waals surface area contributed by atoms with Crippen molar-refractivity contribution in [3.8, 4) is 0 Å². The first-order chi connectivity index (χ1) is 8.47. The van der Waals surface area contributed by atoms with Gasteiger partial charge < -0.3 is 0 Å². The minimum absolute atomic E-state index is 0.129. The highest BCUT2D eigenvalue weighted by Gasteiger charge is 2.22. The van der Waals surface area contributed by atoms with Crippen molar-refractivity contribution in [2.75, 3.05) is 0 Å². The molecule has 2 aromatic rings. The summed E-state index contributed by atoms with van der Waals surface area (Å²) in [6, 6.07) is 3.23. The second-order valence-corrected chi connectivity index (χ2v) is 7.28. The predicted octanol–water partition coefficient (Wildman–Crippen LogP) is 3.30. The zero-order chi connectivity index (χ0) is 12.9. The van der Waals surface area contributed by atoms with Crippen molar-refractivity contribution in [1.82, 2.24) is 4.98 Å². The summed E-state index contributed by atoms with van der Waals surface area (Å²) in [5, 5.41) is 1.67. The third-order valence-corrected chi connectivity index (χ3v) is 4.86. The molecule has 0 spiro atoms. The highest BCUT2D eigenvalue weighted by atomic mass is 35.7. The highest BCUT2D eigenvalue weighted by molar-refractivity contribution is 8.14. The van der Waals surface area contributed by atoms with E-state index in [0.29, 0.717) is 5.39 Å². The molecule has 1 heterocycles. The number of halogens is 2. The molecule has 0 unspecified atom stereocenters. The molecule has 3 rings (SSSR count). The van der Waals surface area contributed by atoms with Crippen molar-refractivity contribution >= 4 is 42.1 Å². The van der Waals surface area contributed by atoms with Gasteiger partial charge in [-0.1, -0.05) is 11.6 Å². The summed E-state index contributed by atoms with van der Waals surface area (Å²) in [7, 11) is 1.72. The number of hydrogen-bond acceptors (Lipinski definition) is 3. The van der Waals surface area contributed by atoms with Gasteiger partial charge in [-0.15, -0.1) is 0 Å². The molecule has 0 aliphatic heterocycles. The van der Waals surface area contributed by atoms with Gasteiger partial charge in [0.1, 0.15) is 5.15 Å². The van der Waals surface area contributed by atoms with Gasteiger partial charge in [0.2, 0.25) is 0 Å². The van der Waals surface area contributed by atoms with Crippen molar-refractivity contribution in [1.29, 1.82) is 0 Å². The van der Waals surface area contributed by atoms with Gasteiger partial charge in [0.15, 0.2) is 0 Å². The Kier molecular flexibility index (Phi) is 2.77. The van der Waals surface area contributed by atoms with Crippen molar-refractivity contribution in [2.45, 2.75) is 24.2 Å². The Morgan fingerprint density at radius 1 is 1.17 bits per heavy atom. The van der Waals surface area contributed by atoms with E-state index in [1.807, 2.05) is 0 Å². The third-order valence-electron chi connectivity index (χ3n) is 3.29. The van der Waals surface area contributed by atoms with Gasteiger partial charge in [0.25, 0.3) is 9.05 Å². The first-order valence-electron chi connectivity index (χ1n) is 5.51. The lowest BCUT2D eigenvalue weighted by Crippen LogP contribution is -1.97. The summed E-state index contributed by atoms with van der Waals surface area (Å²) in [6.45, 7) is 0. The van der Waals surface area contributed by atoms with Crippen LogP contribution in [0.15, 0.2) is 23.2 Å². The molecule has 6 heteroatoms. The summed E-state index contributed by atoms with van der Waals surface area (Å²) >= 11 is 5.84. The van der Waals surface area contributed by atoms with E-state index in [1.54, 1.807) is 18.3 Å². The Bertz CT molecular complexity index is 756. The van der Waals surface area contributed by atoms with Crippen LogP contribution in [0.5, 0.6) is 0 Å². The van der Waals surface area contributed by atoms with E-state index >= 15 is 0 Å². The molecule has 1 aliphatic carbocycles. The number of fused-ring (bicyclic) bond motifs is 3. The first-order valence-corrected chi connectivity index (χ1v) is 8.20. The number of aryl methyl sites for hydroxylation is 2. The molecule has 94 valence electrons. The molecule has 1 aliphatic rings. The van der Waals surface area contributed by atoms with E-state index in [0.717, 1.165) is 30.2 Å². The molecule has 3 nitrogen and oxygen atoms in total. The van der Waals surface area contributed by atoms with E-state index in [-0.39, 0.29) is 10.0 Å². The molecule has 1 aromatic heterocycles. The lowest BCUT2D eigenvalue weighted by molar-refractivity contribution is 0.610. The van der Waals surface area contributed by atoms with Crippen LogP contribution in [0, 0.1) is 0 Å². The van der Waals surface area contributed by atoms with E-state index < -0.39 is 9.05 Å². The van der Waals surface area contributed by atoms with Crippen LogP contribution in [0.4, 0.5) is 0 Å². The van der Waals surface area contributed by atoms with Crippen LogP contribution >= 0.6 is 22.3 Å². The molecule has 0 fully saturated rings. The second kappa shape index (κ2) is 4.08. The fourth-order valence-corrected chi connectivity index (χ4v) is 3.80. The molecule has 0 atom stereocenters. The number of hydrogen-bond donors (Lipinski definition) is 0. The lowest BCUT2D eigenvalue weighted by atomic mass is 10.0. The van der Waals surface area contributed by atoms with Gasteiger partial charge in [-0.25, -0.2) is 13.4 Å². The van der Waals surface area contributed by atoms with Crippen LogP contribution in [0.3, 0.4) is 0 Å². The molecule has 18 heavy (non-hydrogen) atoms. The van der Waals surface area contributed by atoms with Crippen LogP contribution in [0.25, 0.3) is 10.8 Å². The Morgan fingerprint density at radius 2 is 1.94 bits per heavy atom. The second-order valence-electron chi connectivity index (χ2n) is 4.36. The number of benzene rings is 1. The Labute approximate surface area is 114 Å². The van der Waals surface area contributed by atoms with Crippen LogP contribution in [-0.2, 0) is 21.9 Å². The largest absolute Gasteiger partial charge is 0.261 e. The van der Waals surface area contributed by atoms with Gasteiger partial charge in [0, 0.05) is 27.7 Å². The number of rotatable bonds is 1. The predicted molar refractivity (Wildman–Crippen MR) is 71.8 cm³/mol. The van der Waals surface area contributed by atoms with Crippen molar-refractivity contribution in [3.63, 3.8) is 0 Å². The molecule has 0 N–H and O–H groups in total. The van der Waals surface area contributed by atoms with Gasteiger partial charge in [-0.05, 0) is 42.5 Å². The molecule has 1 aromatic carbocycles. The summed E-state index contributed by atoms with van der Waals surface area (Å²) in [5.74, 6) is 0. The lowest BCUT2D eigenvalue weighted by Gasteiger charge is -2.09. The molecule has 0 saturated heterocycles. The normalized spacial score (nSPS) is 15.0. The molecule has 0 amide bonds. The van der Waals surface area contributed by atoms with Crippen LogP contribution in [0.1, 0.15) is 17.5 Å². The van der Waals surface area contributed by atoms with Crippen LogP contribution in [-0.4, -0.2) is 13.4 Å². The fourth-order valence-electron chi connectivity index (χ4n) is 2.55. The fraction of sp³-hybridized carbons (Fsp3) is 0.250. The van der Waals surface area contributed by atoms with Crippen LogP contribution in [0.2, 0.25) is 5.15 Å². The molecular formula is C12H9Cl2NO2S. The zero-order valence-electron chi connectivity index (χ0n) is 9.28. The summed E-state index contributed by atoms with van der Waals surface area (Å²) < 4.78 is 23.3. The number of nitrogens with zero attached hydrogens (tertiary/aromatic N) is 1. The third kappa shape index (κ3) is 1.88. The standard InChI is InChI=1S/C12H9Cl2NO2S/c13-12-5-9-10(6-15-12)8-3-1-2-7(8)4-11(9)18(14,16)17/h4-6H,1-3H2. The minimum atomic E-state index is -3.78. The SMILES string of the molecule is O=S(=O)(Cl)c1cc2c(c3cnc(Cl)cc13)CCC2. The highest BCUT2D eigenvalue weighted by Crippen LogP contribution is 2.36. The van der Waals surface area contributed by atoms with Gasteiger partial charge in [-0.2, -0.15) is 0 Å². The van der Waals surface area contributed by atoms with Crippen molar-refractivity contribution in [2.24, 2.45) is 0 Å². The average molecular weight is 302 g/mol. The van der Waals surface area contributed by atoms with E-state index in [4.69, 9.17) is 22.3 Å². The molecule has 0 saturated carbocycles. The van der Waals surface area contributed by atoms with E-state index in [2.05, 4.69) is 4.98 Å². The maximum atomic E-state index is 11.7. The monoisotopic (exact) mass is 301 g/mol. The Morgan fingerprint density at radius 3 is 2.67 bits per heavy atom. The van der Waals surface area contributed by atoms with E-state index in [9.17, 15) is 8.42 Å².